The van der Waals surface area contributed by atoms with Crippen molar-refractivity contribution < 1.29 is 9.47 Å². The predicted molar refractivity (Wildman–Crippen MR) is 78.0 cm³/mol. The van der Waals surface area contributed by atoms with E-state index in [0.29, 0.717) is 30.0 Å². The standard InChI is InChI=1S/C14H22N4O2/c1-19-13-5-4-12(15)14(17-13)16-7-11-8-18-6-2-3-10(18)9-20-11/h4-5,10-11H,2-3,6-9,15H2,1H3,(H,16,17). The molecule has 3 N–H and O–H groups in total. The quantitative estimate of drug-likeness (QED) is 0.854. The summed E-state index contributed by atoms with van der Waals surface area (Å²) in [5, 5.41) is 3.27. The van der Waals surface area contributed by atoms with E-state index in [1.807, 2.05) is 0 Å². The number of aromatic nitrogens is 1. The Bertz CT molecular complexity index is 468. The van der Waals surface area contributed by atoms with Gasteiger partial charge in [0.05, 0.1) is 25.5 Å². The van der Waals surface area contributed by atoms with Gasteiger partial charge in [-0.3, -0.25) is 4.90 Å². The number of ether oxygens (including phenoxy) is 2. The van der Waals surface area contributed by atoms with Gasteiger partial charge < -0.3 is 20.5 Å². The van der Waals surface area contributed by atoms with Crippen molar-refractivity contribution in [2.75, 3.05) is 44.4 Å². The first-order valence-corrected chi connectivity index (χ1v) is 7.16. The summed E-state index contributed by atoms with van der Waals surface area (Å²) in [4.78, 5) is 6.84. The number of morpholine rings is 1. The Morgan fingerprint density at radius 2 is 2.45 bits per heavy atom. The van der Waals surface area contributed by atoms with Gasteiger partial charge >= 0.3 is 0 Å². The van der Waals surface area contributed by atoms with Crippen LogP contribution in [-0.2, 0) is 4.74 Å². The molecular weight excluding hydrogens is 256 g/mol. The van der Waals surface area contributed by atoms with E-state index in [-0.39, 0.29) is 6.10 Å². The molecule has 0 radical (unpaired) electrons. The highest BCUT2D eigenvalue weighted by Gasteiger charge is 2.32. The van der Waals surface area contributed by atoms with E-state index in [0.717, 1.165) is 13.2 Å². The summed E-state index contributed by atoms with van der Waals surface area (Å²) in [5.74, 6) is 1.22. The zero-order valence-electron chi connectivity index (χ0n) is 11.8. The zero-order chi connectivity index (χ0) is 13.9. The first-order valence-electron chi connectivity index (χ1n) is 7.16. The van der Waals surface area contributed by atoms with Crippen LogP contribution in [0.3, 0.4) is 0 Å². The molecule has 3 heterocycles. The van der Waals surface area contributed by atoms with Gasteiger partial charge in [-0.15, -0.1) is 0 Å². The Kier molecular flexibility index (Phi) is 3.93. The lowest BCUT2D eigenvalue weighted by molar-refractivity contribution is -0.0415. The highest BCUT2D eigenvalue weighted by Crippen LogP contribution is 2.24. The van der Waals surface area contributed by atoms with Gasteiger partial charge in [-0.25, -0.2) is 0 Å². The summed E-state index contributed by atoms with van der Waals surface area (Å²) in [7, 11) is 1.60. The van der Waals surface area contributed by atoms with E-state index >= 15 is 0 Å². The van der Waals surface area contributed by atoms with Gasteiger partial charge in [-0.1, -0.05) is 0 Å². The van der Waals surface area contributed by atoms with Gasteiger partial charge in [-0.05, 0) is 25.5 Å². The largest absolute Gasteiger partial charge is 0.481 e. The fourth-order valence-electron chi connectivity index (χ4n) is 2.93. The molecule has 2 aliphatic heterocycles. The minimum absolute atomic E-state index is 0.191. The van der Waals surface area contributed by atoms with E-state index in [2.05, 4.69) is 15.2 Å². The van der Waals surface area contributed by atoms with Crippen LogP contribution in [0.25, 0.3) is 0 Å². The highest BCUT2D eigenvalue weighted by atomic mass is 16.5. The molecule has 6 heteroatoms. The van der Waals surface area contributed by atoms with Gasteiger partial charge in [-0.2, -0.15) is 4.98 Å². The van der Waals surface area contributed by atoms with Gasteiger partial charge in [0.1, 0.15) is 0 Å². The van der Waals surface area contributed by atoms with Gasteiger partial charge in [0.2, 0.25) is 5.88 Å². The van der Waals surface area contributed by atoms with E-state index in [9.17, 15) is 0 Å². The highest BCUT2D eigenvalue weighted by molar-refractivity contribution is 5.61. The summed E-state index contributed by atoms with van der Waals surface area (Å²) < 4.78 is 11.0. The number of methoxy groups -OCH3 is 1. The van der Waals surface area contributed by atoms with Crippen molar-refractivity contribution in [2.45, 2.75) is 25.0 Å². The summed E-state index contributed by atoms with van der Waals surface area (Å²) in [6.45, 7) is 3.74. The van der Waals surface area contributed by atoms with Crippen LogP contribution in [0.1, 0.15) is 12.8 Å². The number of nitrogens with two attached hydrogens (primary N) is 1. The fraction of sp³-hybridized carbons (Fsp3) is 0.643. The van der Waals surface area contributed by atoms with Crippen molar-refractivity contribution >= 4 is 11.5 Å². The van der Waals surface area contributed by atoms with E-state index in [1.54, 1.807) is 19.2 Å². The van der Waals surface area contributed by atoms with Crippen molar-refractivity contribution in [2.24, 2.45) is 0 Å². The van der Waals surface area contributed by atoms with Crippen LogP contribution in [0.5, 0.6) is 5.88 Å². The average Bonchev–Trinajstić information content (AvgIpc) is 2.94. The molecule has 3 rings (SSSR count). The van der Waals surface area contributed by atoms with E-state index in [4.69, 9.17) is 15.2 Å². The number of nitrogens with zero attached hydrogens (tertiary/aromatic N) is 2. The number of hydrogen-bond donors (Lipinski definition) is 2. The van der Waals surface area contributed by atoms with Crippen molar-refractivity contribution in [1.82, 2.24) is 9.88 Å². The third-order valence-corrected chi connectivity index (χ3v) is 4.07. The molecule has 0 saturated carbocycles. The molecule has 0 aliphatic carbocycles. The number of fused-ring (bicyclic) bond motifs is 1. The Morgan fingerprint density at radius 3 is 3.30 bits per heavy atom. The molecular formula is C14H22N4O2. The van der Waals surface area contributed by atoms with Crippen LogP contribution in [-0.4, -0.2) is 55.4 Å². The molecule has 110 valence electrons. The summed E-state index contributed by atoms with van der Waals surface area (Å²) in [5.41, 5.74) is 6.54. The third kappa shape index (κ3) is 2.81. The Hall–Kier alpha value is -1.53. The van der Waals surface area contributed by atoms with E-state index in [1.165, 1.54) is 19.4 Å². The lowest BCUT2D eigenvalue weighted by atomic mass is 10.2. The second-order valence-corrected chi connectivity index (χ2v) is 5.42. The number of nitrogens with one attached hydrogen (secondary N) is 1. The normalized spacial score (nSPS) is 26.2. The Balaban J connectivity index is 1.56. The monoisotopic (exact) mass is 278 g/mol. The molecule has 2 fully saturated rings. The van der Waals surface area contributed by atoms with Crippen molar-refractivity contribution in [3.63, 3.8) is 0 Å². The van der Waals surface area contributed by atoms with Crippen molar-refractivity contribution in [3.8, 4) is 5.88 Å². The first-order chi connectivity index (χ1) is 9.76. The molecule has 0 spiro atoms. The van der Waals surface area contributed by atoms with Crippen LogP contribution in [0.2, 0.25) is 0 Å². The maximum absolute atomic E-state index is 5.91. The van der Waals surface area contributed by atoms with Gasteiger partial charge in [0, 0.05) is 25.2 Å². The molecule has 2 unspecified atom stereocenters. The smallest absolute Gasteiger partial charge is 0.215 e. The minimum Gasteiger partial charge on any atom is -0.481 e. The lowest BCUT2D eigenvalue weighted by Gasteiger charge is -2.35. The van der Waals surface area contributed by atoms with E-state index < -0.39 is 0 Å². The number of nitrogen functional groups attached to an aromatic ring is 1. The SMILES string of the molecule is COc1ccc(N)c(NCC2CN3CCCC3CO2)n1. The molecule has 0 bridgehead atoms. The topological polar surface area (TPSA) is 72.6 Å². The lowest BCUT2D eigenvalue weighted by Crippen LogP contribution is -2.48. The third-order valence-electron chi connectivity index (χ3n) is 4.07. The Labute approximate surface area is 119 Å². The molecule has 1 aromatic heterocycles. The van der Waals surface area contributed by atoms with Gasteiger partial charge in [0.25, 0.3) is 0 Å². The fourth-order valence-corrected chi connectivity index (χ4v) is 2.93. The van der Waals surface area contributed by atoms with Crippen molar-refractivity contribution in [3.05, 3.63) is 12.1 Å². The first kappa shape index (κ1) is 13.5. The molecule has 2 aliphatic rings. The number of anilines is 2. The van der Waals surface area contributed by atoms with Crippen LogP contribution in [0.4, 0.5) is 11.5 Å². The second kappa shape index (κ2) is 5.85. The molecule has 2 saturated heterocycles. The van der Waals surface area contributed by atoms with Crippen LogP contribution >= 0.6 is 0 Å². The number of rotatable bonds is 4. The van der Waals surface area contributed by atoms with Crippen LogP contribution in [0, 0.1) is 0 Å². The molecule has 2 atom stereocenters. The van der Waals surface area contributed by atoms with Crippen LogP contribution in [0.15, 0.2) is 12.1 Å². The van der Waals surface area contributed by atoms with Crippen LogP contribution < -0.4 is 15.8 Å². The number of hydrogen-bond acceptors (Lipinski definition) is 6. The minimum atomic E-state index is 0.191. The average molecular weight is 278 g/mol. The van der Waals surface area contributed by atoms with Gasteiger partial charge in [0.15, 0.2) is 5.82 Å². The molecule has 20 heavy (non-hydrogen) atoms. The summed E-state index contributed by atoms with van der Waals surface area (Å²) in [6, 6.07) is 4.19. The maximum atomic E-state index is 5.91. The molecule has 6 nitrogen and oxygen atoms in total. The Morgan fingerprint density at radius 1 is 1.55 bits per heavy atom. The maximum Gasteiger partial charge on any atom is 0.215 e. The number of pyridine rings is 1. The summed E-state index contributed by atoms with van der Waals surface area (Å²) in [6.07, 6.45) is 2.75. The molecule has 1 aromatic rings. The zero-order valence-corrected chi connectivity index (χ0v) is 11.8. The predicted octanol–water partition coefficient (Wildman–Crippen LogP) is 0.947. The molecule has 0 aromatic carbocycles. The molecule has 0 amide bonds. The van der Waals surface area contributed by atoms with Crippen molar-refractivity contribution in [1.29, 1.82) is 0 Å². The summed E-state index contributed by atoms with van der Waals surface area (Å²) >= 11 is 0. The second-order valence-electron chi connectivity index (χ2n) is 5.42.